The summed E-state index contributed by atoms with van der Waals surface area (Å²) in [6, 6.07) is 0. The van der Waals surface area contributed by atoms with Crippen molar-refractivity contribution in [3.8, 4) is 0 Å². The van der Waals surface area contributed by atoms with Crippen molar-refractivity contribution in [1.82, 2.24) is 0 Å². The minimum absolute atomic E-state index is 0.0116. The summed E-state index contributed by atoms with van der Waals surface area (Å²) < 4.78 is 0. The summed E-state index contributed by atoms with van der Waals surface area (Å²) in [4.78, 5) is 12.3. The van der Waals surface area contributed by atoms with E-state index in [2.05, 4.69) is 6.92 Å². The number of hydrogen-bond acceptors (Lipinski definition) is 4. The summed E-state index contributed by atoms with van der Waals surface area (Å²) in [7, 11) is 0. The Balaban J connectivity index is 1.59. The smallest absolute Gasteiger partial charge is 0.161 e. The molecule has 4 nitrogen and oxygen atoms in total. The Morgan fingerprint density at radius 1 is 1.04 bits per heavy atom. The van der Waals surface area contributed by atoms with Crippen LogP contribution in [-0.4, -0.2) is 38.9 Å². The third kappa shape index (κ3) is 1.57. The third-order valence-electron chi connectivity index (χ3n) is 10.2. The first-order valence-corrected chi connectivity index (χ1v) is 10.2. The van der Waals surface area contributed by atoms with E-state index in [9.17, 15) is 20.1 Å². The maximum Gasteiger partial charge on any atom is 0.161 e. The fourth-order valence-electron chi connectivity index (χ4n) is 9.01. The van der Waals surface area contributed by atoms with Crippen molar-refractivity contribution in [3.63, 3.8) is 0 Å². The van der Waals surface area contributed by atoms with Crippen molar-refractivity contribution in [1.29, 1.82) is 0 Å². The van der Waals surface area contributed by atoms with Gasteiger partial charge in [-0.1, -0.05) is 13.8 Å². The summed E-state index contributed by atoms with van der Waals surface area (Å²) in [6.45, 7) is 5.82. The molecule has 0 aromatic rings. The molecule has 0 unspecified atom stereocenters. The van der Waals surface area contributed by atoms with E-state index in [1.54, 1.807) is 0 Å². The summed E-state index contributed by atoms with van der Waals surface area (Å²) in [6.07, 6.45) is 5.23. The van der Waals surface area contributed by atoms with E-state index in [0.29, 0.717) is 18.8 Å². The van der Waals surface area contributed by atoms with Gasteiger partial charge >= 0.3 is 0 Å². The van der Waals surface area contributed by atoms with E-state index in [1.807, 2.05) is 6.92 Å². The molecule has 5 fully saturated rings. The second-order valence-corrected chi connectivity index (χ2v) is 10.6. The summed E-state index contributed by atoms with van der Waals surface area (Å²) in [5, 5.41) is 33.5. The van der Waals surface area contributed by atoms with Gasteiger partial charge in [-0.2, -0.15) is 0 Å². The predicted molar refractivity (Wildman–Crippen MR) is 92.6 cm³/mol. The molecule has 5 saturated carbocycles. The SMILES string of the molecule is CC(=O)[C@@]1(O)CC[C@H]2[C@@H]3C[C@@H](O)[C@]45C[C@@H]4CC[C@]5(C)[C@H]3[C@H](O)C[C@@]21C. The minimum Gasteiger partial charge on any atom is -0.393 e. The maximum atomic E-state index is 12.3. The van der Waals surface area contributed by atoms with Crippen LogP contribution >= 0.6 is 0 Å². The molecule has 0 saturated heterocycles. The van der Waals surface area contributed by atoms with Gasteiger partial charge in [-0.25, -0.2) is 0 Å². The molecule has 0 amide bonds. The fraction of sp³-hybridized carbons (Fsp3) is 0.952. The molecule has 5 aliphatic carbocycles. The van der Waals surface area contributed by atoms with Crippen molar-refractivity contribution in [2.24, 2.45) is 39.9 Å². The van der Waals surface area contributed by atoms with Crippen LogP contribution in [0.25, 0.3) is 0 Å². The van der Waals surface area contributed by atoms with Gasteiger partial charge in [0.15, 0.2) is 5.78 Å². The molecule has 0 bridgehead atoms. The van der Waals surface area contributed by atoms with E-state index in [-0.39, 0.29) is 40.5 Å². The largest absolute Gasteiger partial charge is 0.393 e. The second-order valence-electron chi connectivity index (χ2n) is 10.6. The summed E-state index contributed by atoms with van der Waals surface area (Å²) >= 11 is 0. The van der Waals surface area contributed by atoms with E-state index in [4.69, 9.17) is 0 Å². The molecule has 25 heavy (non-hydrogen) atoms. The standard InChI is InChI=1S/C21H32O4/c1-11(22)21(25)7-5-14-13-8-16(24)20-9-12(20)4-6-18(20,2)17(13)15(23)10-19(14,21)3/h12-17,23-25H,4-10H2,1-3H3/t12-,13-,14-,15+,16+,17+,18+,19-,20-,21-/m0/s1. The van der Waals surface area contributed by atoms with Crippen LogP contribution in [0.15, 0.2) is 0 Å². The Bertz CT molecular complexity index is 648. The third-order valence-corrected chi connectivity index (χ3v) is 10.2. The zero-order valence-corrected chi connectivity index (χ0v) is 15.7. The molecule has 4 heteroatoms. The van der Waals surface area contributed by atoms with Crippen LogP contribution in [0.1, 0.15) is 65.7 Å². The van der Waals surface area contributed by atoms with E-state index in [0.717, 1.165) is 25.7 Å². The number of aliphatic hydroxyl groups is 3. The van der Waals surface area contributed by atoms with E-state index >= 15 is 0 Å². The minimum atomic E-state index is -1.32. The molecule has 140 valence electrons. The van der Waals surface area contributed by atoms with Gasteiger partial charge in [0.05, 0.1) is 12.2 Å². The number of ketones is 1. The van der Waals surface area contributed by atoms with Crippen molar-refractivity contribution in [2.45, 2.75) is 83.5 Å². The number of fused-ring (bicyclic) bond motifs is 4. The first kappa shape index (κ1) is 16.7. The lowest BCUT2D eigenvalue weighted by atomic mass is 9.44. The number of hydrogen-bond donors (Lipinski definition) is 3. The van der Waals surface area contributed by atoms with Crippen LogP contribution in [0.5, 0.6) is 0 Å². The predicted octanol–water partition coefficient (Wildman–Crippen LogP) is 2.29. The van der Waals surface area contributed by atoms with Crippen molar-refractivity contribution in [3.05, 3.63) is 0 Å². The lowest BCUT2D eigenvalue weighted by molar-refractivity contribution is -0.211. The lowest BCUT2D eigenvalue weighted by Gasteiger charge is -2.62. The van der Waals surface area contributed by atoms with Crippen LogP contribution in [0.4, 0.5) is 0 Å². The first-order chi connectivity index (χ1) is 11.6. The molecule has 0 aliphatic heterocycles. The van der Waals surface area contributed by atoms with Gasteiger partial charge in [-0.15, -0.1) is 0 Å². The molecule has 0 aromatic carbocycles. The first-order valence-electron chi connectivity index (χ1n) is 10.2. The second kappa shape index (κ2) is 4.51. The van der Waals surface area contributed by atoms with Gasteiger partial charge in [-0.3, -0.25) is 4.79 Å². The molecule has 0 radical (unpaired) electrons. The quantitative estimate of drug-likeness (QED) is 0.679. The highest BCUT2D eigenvalue weighted by Gasteiger charge is 2.79. The monoisotopic (exact) mass is 348 g/mol. The molecule has 10 atom stereocenters. The number of carbonyl (C=O) groups is 1. The maximum absolute atomic E-state index is 12.3. The molecule has 3 N–H and O–H groups in total. The number of rotatable bonds is 1. The average Bonchev–Trinajstić information content (AvgIpc) is 3.10. The average molecular weight is 348 g/mol. The zero-order valence-electron chi connectivity index (χ0n) is 15.7. The molecule has 0 aromatic heterocycles. The van der Waals surface area contributed by atoms with E-state index < -0.39 is 17.1 Å². The molecule has 5 rings (SSSR count). The van der Waals surface area contributed by atoms with Gasteiger partial charge in [0.1, 0.15) is 5.60 Å². The number of aliphatic hydroxyl groups excluding tert-OH is 2. The van der Waals surface area contributed by atoms with Gasteiger partial charge in [-0.05, 0) is 81.0 Å². The number of Topliss-reactive ketones (excluding diaryl/α,β-unsaturated/α-hetero) is 1. The Kier molecular flexibility index (Phi) is 3.01. The van der Waals surface area contributed by atoms with Crippen LogP contribution in [0.2, 0.25) is 0 Å². The molecule has 0 heterocycles. The van der Waals surface area contributed by atoms with Crippen molar-refractivity contribution < 1.29 is 20.1 Å². The van der Waals surface area contributed by atoms with Gasteiger partial charge in [0.2, 0.25) is 0 Å². The lowest BCUT2D eigenvalue weighted by Crippen LogP contribution is -2.64. The highest BCUT2D eigenvalue weighted by molar-refractivity contribution is 5.86. The topological polar surface area (TPSA) is 77.8 Å². The Hall–Kier alpha value is -0.450. The number of carbonyl (C=O) groups excluding carboxylic acids is 1. The van der Waals surface area contributed by atoms with Crippen LogP contribution in [0, 0.1) is 39.9 Å². The zero-order chi connectivity index (χ0) is 18.0. The van der Waals surface area contributed by atoms with Crippen LogP contribution in [-0.2, 0) is 4.79 Å². The van der Waals surface area contributed by atoms with Gasteiger partial charge in [0.25, 0.3) is 0 Å². The van der Waals surface area contributed by atoms with Gasteiger partial charge < -0.3 is 15.3 Å². The van der Waals surface area contributed by atoms with Crippen molar-refractivity contribution in [2.75, 3.05) is 0 Å². The Morgan fingerprint density at radius 2 is 1.76 bits per heavy atom. The van der Waals surface area contributed by atoms with Crippen LogP contribution in [0.3, 0.4) is 0 Å². The summed E-state index contributed by atoms with van der Waals surface area (Å²) in [5.74, 6) is 1.12. The molecule has 5 aliphatic rings. The molecular formula is C21H32O4. The fourth-order valence-corrected chi connectivity index (χ4v) is 9.01. The Labute approximate surface area is 150 Å². The van der Waals surface area contributed by atoms with Crippen LogP contribution < -0.4 is 0 Å². The van der Waals surface area contributed by atoms with Crippen molar-refractivity contribution >= 4 is 5.78 Å². The highest BCUT2D eigenvalue weighted by Crippen LogP contribution is 2.81. The Morgan fingerprint density at radius 3 is 2.40 bits per heavy atom. The summed E-state index contributed by atoms with van der Waals surface area (Å²) in [5.41, 5.74) is -1.83. The highest BCUT2D eigenvalue weighted by atomic mass is 16.3. The molecule has 1 spiro atoms. The van der Waals surface area contributed by atoms with E-state index in [1.165, 1.54) is 13.3 Å². The normalized spacial score (nSPS) is 64.9. The van der Waals surface area contributed by atoms with Gasteiger partial charge in [0, 0.05) is 10.8 Å². The molecular weight excluding hydrogens is 316 g/mol.